The fraction of sp³-hybridized carbons (Fsp3) is 0.650. The van der Waals surface area contributed by atoms with Gasteiger partial charge in [-0.3, -0.25) is 20.5 Å². The summed E-state index contributed by atoms with van der Waals surface area (Å²) in [7, 11) is 0. The number of benzene rings is 1. The molecule has 3 atom stereocenters. The van der Waals surface area contributed by atoms with E-state index in [2.05, 4.69) is 47.0 Å². The Kier molecular flexibility index (Phi) is 6.92. The molecular weight excluding hydrogens is 348 g/mol. The van der Waals surface area contributed by atoms with E-state index in [1.54, 1.807) is 0 Å². The highest BCUT2D eigenvalue weighted by atomic mass is 35.5. The van der Waals surface area contributed by atoms with Crippen LogP contribution in [0, 0.1) is 5.92 Å². The number of hydrogen-bond acceptors (Lipinski definition) is 4. The molecule has 1 amide bonds. The molecule has 6 heteroatoms. The number of rotatable bonds is 7. The first kappa shape index (κ1) is 19.6. The van der Waals surface area contributed by atoms with E-state index in [1.807, 2.05) is 12.1 Å². The van der Waals surface area contributed by atoms with Gasteiger partial charge in [-0.15, -0.1) is 0 Å². The lowest BCUT2D eigenvalue weighted by Crippen LogP contribution is -2.37. The zero-order valence-corrected chi connectivity index (χ0v) is 16.6. The number of halogens is 1. The summed E-state index contributed by atoms with van der Waals surface area (Å²) in [6.45, 7) is 7.19. The minimum atomic E-state index is 0.148. The predicted molar refractivity (Wildman–Crippen MR) is 106 cm³/mol. The van der Waals surface area contributed by atoms with E-state index >= 15 is 0 Å². The third kappa shape index (κ3) is 4.97. The van der Waals surface area contributed by atoms with Gasteiger partial charge in [-0.05, 0) is 69.8 Å². The van der Waals surface area contributed by atoms with Crippen LogP contribution in [0.2, 0.25) is 5.02 Å². The largest absolute Gasteiger partial charge is 0.354 e. The smallest absolute Gasteiger partial charge is 0.220 e. The van der Waals surface area contributed by atoms with Crippen molar-refractivity contribution in [1.82, 2.24) is 21.1 Å². The van der Waals surface area contributed by atoms with Crippen molar-refractivity contribution in [3.8, 4) is 0 Å². The first-order chi connectivity index (χ1) is 12.5. The molecule has 0 aromatic heterocycles. The molecule has 26 heavy (non-hydrogen) atoms. The van der Waals surface area contributed by atoms with Crippen LogP contribution in [0.25, 0.3) is 0 Å². The maximum absolute atomic E-state index is 12.4. The predicted octanol–water partition coefficient (Wildman–Crippen LogP) is 2.87. The van der Waals surface area contributed by atoms with Crippen LogP contribution in [0.5, 0.6) is 0 Å². The van der Waals surface area contributed by atoms with Gasteiger partial charge >= 0.3 is 0 Å². The maximum atomic E-state index is 12.4. The number of hydrogen-bond donors (Lipinski definition) is 3. The van der Waals surface area contributed by atoms with E-state index in [-0.39, 0.29) is 11.9 Å². The lowest BCUT2D eigenvalue weighted by molar-refractivity contribution is -0.121. The highest BCUT2D eigenvalue weighted by Gasteiger charge is 2.30. The second-order valence-corrected chi connectivity index (χ2v) is 8.12. The number of likely N-dealkylation sites (tertiary alicyclic amines) is 1. The first-order valence-corrected chi connectivity index (χ1v) is 10.2. The van der Waals surface area contributed by atoms with Crippen LogP contribution in [-0.2, 0) is 4.79 Å². The molecule has 3 unspecified atom stereocenters. The molecule has 3 N–H and O–H groups in total. The third-order valence-electron chi connectivity index (χ3n) is 5.86. The van der Waals surface area contributed by atoms with Crippen LogP contribution in [-0.4, -0.2) is 42.5 Å². The van der Waals surface area contributed by atoms with Crippen LogP contribution in [0.15, 0.2) is 24.3 Å². The summed E-state index contributed by atoms with van der Waals surface area (Å²) < 4.78 is 0. The minimum Gasteiger partial charge on any atom is -0.354 e. The van der Waals surface area contributed by atoms with Gasteiger partial charge in [0.1, 0.15) is 0 Å². The number of nitrogens with zero attached hydrogens (tertiary/aromatic N) is 1. The summed E-state index contributed by atoms with van der Waals surface area (Å²) in [5.74, 6) is 0.640. The van der Waals surface area contributed by atoms with Crippen LogP contribution in [0.4, 0.5) is 0 Å². The molecule has 2 aliphatic rings. The quantitative estimate of drug-likeness (QED) is 0.682. The minimum absolute atomic E-state index is 0.148. The van der Waals surface area contributed by atoms with Crippen molar-refractivity contribution < 1.29 is 4.79 Å². The molecule has 2 saturated heterocycles. The lowest BCUT2D eigenvalue weighted by atomic mass is 9.91. The van der Waals surface area contributed by atoms with Crippen molar-refractivity contribution in [2.75, 3.05) is 19.6 Å². The molecule has 2 fully saturated rings. The number of hydrazine groups is 1. The van der Waals surface area contributed by atoms with Crippen LogP contribution in [0.3, 0.4) is 0 Å². The second-order valence-electron chi connectivity index (χ2n) is 7.68. The number of nitrogens with one attached hydrogen (secondary N) is 3. The fourth-order valence-electron chi connectivity index (χ4n) is 4.20. The van der Waals surface area contributed by atoms with E-state index < -0.39 is 0 Å². The molecule has 1 aromatic rings. The number of amides is 1. The third-order valence-corrected chi connectivity index (χ3v) is 6.11. The average molecular weight is 379 g/mol. The summed E-state index contributed by atoms with van der Waals surface area (Å²) in [4.78, 5) is 14.9. The van der Waals surface area contributed by atoms with Gasteiger partial charge in [0.25, 0.3) is 0 Å². The zero-order valence-electron chi connectivity index (χ0n) is 15.8. The lowest BCUT2D eigenvalue weighted by Gasteiger charge is -2.28. The molecule has 2 heterocycles. The standard InChI is InChI=1S/C20H31ClN4O/c1-14-18(15(2)24-23-14)9-10-20(26)22-13-19(25-11-3-4-12-25)16-5-7-17(21)8-6-16/h5-8,14-15,18-19,23-24H,3-4,9-13H2,1-2H3,(H,22,26). The van der Waals surface area contributed by atoms with Gasteiger partial charge in [0.05, 0.1) is 6.04 Å². The van der Waals surface area contributed by atoms with Gasteiger partial charge in [-0.1, -0.05) is 23.7 Å². The average Bonchev–Trinajstić information content (AvgIpc) is 3.26. The van der Waals surface area contributed by atoms with Crippen molar-refractivity contribution >= 4 is 17.5 Å². The summed E-state index contributed by atoms with van der Waals surface area (Å²) in [6.07, 6.45) is 3.95. The van der Waals surface area contributed by atoms with Gasteiger partial charge in [0.15, 0.2) is 0 Å². The monoisotopic (exact) mass is 378 g/mol. The van der Waals surface area contributed by atoms with E-state index in [0.29, 0.717) is 31.0 Å². The van der Waals surface area contributed by atoms with Gasteiger partial charge in [-0.2, -0.15) is 0 Å². The molecular formula is C20H31ClN4O. The van der Waals surface area contributed by atoms with E-state index in [9.17, 15) is 4.79 Å². The highest BCUT2D eigenvalue weighted by Crippen LogP contribution is 2.26. The Morgan fingerprint density at radius 1 is 1.19 bits per heavy atom. The molecule has 0 bridgehead atoms. The van der Waals surface area contributed by atoms with E-state index in [0.717, 1.165) is 24.5 Å². The van der Waals surface area contributed by atoms with E-state index in [4.69, 9.17) is 11.6 Å². The van der Waals surface area contributed by atoms with Gasteiger partial charge in [-0.25, -0.2) is 0 Å². The maximum Gasteiger partial charge on any atom is 0.220 e. The molecule has 0 saturated carbocycles. The fourth-order valence-corrected chi connectivity index (χ4v) is 4.33. The van der Waals surface area contributed by atoms with Gasteiger partial charge in [0.2, 0.25) is 5.91 Å². The highest BCUT2D eigenvalue weighted by molar-refractivity contribution is 6.30. The normalized spacial score (nSPS) is 27.6. The molecule has 3 rings (SSSR count). The van der Waals surface area contributed by atoms with Crippen molar-refractivity contribution in [1.29, 1.82) is 0 Å². The number of carbonyl (C=O) groups excluding carboxylic acids is 1. The van der Waals surface area contributed by atoms with Gasteiger partial charge < -0.3 is 5.32 Å². The molecule has 144 valence electrons. The van der Waals surface area contributed by atoms with Crippen molar-refractivity contribution in [2.24, 2.45) is 5.92 Å². The van der Waals surface area contributed by atoms with Crippen molar-refractivity contribution in [2.45, 2.75) is 57.7 Å². The number of carbonyl (C=O) groups is 1. The summed E-state index contributed by atoms with van der Waals surface area (Å²) >= 11 is 6.04. The Labute approximate surface area is 161 Å². The summed E-state index contributed by atoms with van der Waals surface area (Å²) in [5.41, 5.74) is 7.74. The van der Waals surface area contributed by atoms with Crippen molar-refractivity contribution in [3.63, 3.8) is 0 Å². The Morgan fingerprint density at radius 3 is 2.42 bits per heavy atom. The molecule has 1 aromatic carbocycles. The van der Waals surface area contributed by atoms with Crippen LogP contribution < -0.4 is 16.2 Å². The molecule has 5 nitrogen and oxygen atoms in total. The Hall–Kier alpha value is -1.14. The molecule has 2 aliphatic heterocycles. The molecule has 0 spiro atoms. The Bertz CT molecular complexity index is 578. The first-order valence-electron chi connectivity index (χ1n) is 9.82. The second kappa shape index (κ2) is 9.18. The topological polar surface area (TPSA) is 56.4 Å². The summed E-state index contributed by atoms with van der Waals surface area (Å²) in [6, 6.07) is 9.07. The molecule has 0 aliphatic carbocycles. The van der Waals surface area contributed by atoms with Crippen LogP contribution >= 0.6 is 11.6 Å². The van der Waals surface area contributed by atoms with E-state index in [1.165, 1.54) is 18.4 Å². The Balaban J connectivity index is 1.53. The zero-order chi connectivity index (χ0) is 18.5. The van der Waals surface area contributed by atoms with Crippen LogP contribution in [0.1, 0.15) is 51.1 Å². The SMILES string of the molecule is CC1NNC(C)C1CCC(=O)NCC(c1ccc(Cl)cc1)N1CCCC1. The Morgan fingerprint density at radius 2 is 1.81 bits per heavy atom. The van der Waals surface area contributed by atoms with Crippen molar-refractivity contribution in [3.05, 3.63) is 34.9 Å². The summed E-state index contributed by atoms with van der Waals surface area (Å²) in [5, 5.41) is 3.92. The van der Waals surface area contributed by atoms with Gasteiger partial charge in [0, 0.05) is 30.1 Å². The molecule has 0 radical (unpaired) electrons.